The molecule has 13 heavy (non-hydrogen) atoms. The van der Waals surface area contributed by atoms with Gasteiger partial charge in [0, 0.05) is 12.2 Å². The average molecular weight is 176 g/mol. The Bertz CT molecular complexity index is 277. The Labute approximate surface area is 79.1 Å². The van der Waals surface area contributed by atoms with Crippen LogP contribution in [-0.4, -0.2) is 13.1 Å². The molecule has 2 nitrogen and oxygen atoms in total. The van der Waals surface area contributed by atoms with Gasteiger partial charge in [-0.05, 0) is 36.9 Å². The summed E-state index contributed by atoms with van der Waals surface area (Å²) in [6.07, 6.45) is 2.53. The maximum Gasteiger partial charge on any atom is 0.0349 e. The number of anilines is 1. The molecule has 0 aromatic heterocycles. The van der Waals surface area contributed by atoms with Gasteiger partial charge in [0.1, 0.15) is 0 Å². The monoisotopic (exact) mass is 176 g/mol. The Hall–Kier alpha value is -1.02. The zero-order valence-corrected chi connectivity index (χ0v) is 7.79. The van der Waals surface area contributed by atoms with E-state index in [1.54, 1.807) is 0 Å². The van der Waals surface area contributed by atoms with Crippen LogP contribution in [0.3, 0.4) is 0 Å². The topological polar surface area (TPSA) is 38.0 Å². The highest BCUT2D eigenvalue weighted by atomic mass is 14.9. The van der Waals surface area contributed by atoms with Crippen molar-refractivity contribution in [2.24, 2.45) is 0 Å². The van der Waals surface area contributed by atoms with E-state index in [2.05, 4.69) is 17.4 Å². The Morgan fingerprint density at radius 2 is 2.15 bits per heavy atom. The molecule has 3 N–H and O–H groups in total. The van der Waals surface area contributed by atoms with Gasteiger partial charge in [-0.2, -0.15) is 0 Å². The Kier molecular flexibility index (Phi) is 2.50. The highest BCUT2D eigenvalue weighted by molar-refractivity contribution is 5.48. The van der Waals surface area contributed by atoms with Crippen molar-refractivity contribution in [3.63, 3.8) is 0 Å². The minimum Gasteiger partial charge on any atom is -0.398 e. The standard InChI is InChI=1S/C11H16N2/c12-11-6-2-1-5-10(11)9-4-3-7-13-8-9/h1-2,5-6,9,13H,3-4,7-8,12H2/t9-/m0/s1. The predicted molar refractivity (Wildman–Crippen MR) is 55.7 cm³/mol. The van der Waals surface area contributed by atoms with Crippen LogP contribution in [0.25, 0.3) is 0 Å². The molecular weight excluding hydrogens is 160 g/mol. The third kappa shape index (κ3) is 1.83. The molecule has 0 radical (unpaired) electrons. The predicted octanol–water partition coefficient (Wildman–Crippen LogP) is 1.74. The first kappa shape index (κ1) is 8.57. The molecule has 0 spiro atoms. The molecule has 1 atom stereocenters. The highest BCUT2D eigenvalue weighted by Gasteiger charge is 2.16. The number of hydrogen-bond acceptors (Lipinski definition) is 2. The van der Waals surface area contributed by atoms with Crippen LogP contribution < -0.4 is 11.1 Å². The fraction of sp³-hybridized carbons (Fsp3) is 0.455. The lowest BCUT2D eigenvalue weighted by Gasteiger charge is -2.24. The van der Waals surface area contributed by atoms with Gasteiger partial charge in [-0.3, -0.25) is 0 Å². The molecule has 1 aliphatic rings. The van der Waals surface area contributed by atoms with Crippen LogP contribution in [0.15, 0.2) is 24.3 Å². The zero-order valence-electron chi connectivity index (χ0n) is 7.79. The van der Waals surface area contributed by atoms with Crippen molar-refractivity contribution in [3.8, 4) is 0 Å². The number of benzene rings is 1. The molecule has 0 amide bonds. The van der Waals surface area contributed by atoms with Gasteiger partial charge < -0.3 is 11.1 Å². The number of hydrogen-bond donors (Lipinski definition) is 2. The van der Waals surface area contributed by atoms with E-state index in [9.17, 15) is 0 Å². The van der Waals surface area contributed by atoms with E-state index < -0.39 is 0 Å². The van der Waals surface area contributed by atoms with Crippen LogP contribution in [0.5, 0.6) is 0 Å². The molecular formula is C11H16N2. The molecule has 1 saturated heterocycles. The summed E-state index contributed by atoms with van der Waals surface area (Å²) in [5.74, 6) is 0.620. The summed E-state index contributed by atoms with van der Waals surface area (Å²) in [6, 6.07) is 8.20. The molecule has 2 heteroatoms. The third-order valence-corrected chi connectivity index (χ3v) is 2.73. The second-order valence-electron chi connectivity index (χ2n) is 3.67. The molecule has 70 valence electrons. The second-order valence-corrected chi connectivity index (χ2v) is 3.67. The first-order valence-electron chi connectivity index (χ1n) is 4.93. The van der Waals surface area contributed by atoms with Crippen LogP contribution in [0.2, 0.25) is 0 Å². The Balaban J connectivity index is 2.18. The molecule has 1 aromatic rings. The number of rotatable bonds is 1. The summed E-state index contributed by atoms with van der Waals surface area (Å²) >= 11 is 0. The summed E-state index contributed by atoms with van der Waals surface area (Å²) < 4.78 is 0. The normalized spacial score (nSPS) is 22.9. The fourth-order valence-corrected chi connectivity index (χ4v) is 2.00. The van der Waals surface area contributed by atoms with E-state index in [1.165, 1.54) is 18.4 Å². The Morgan fingerprint density at radius 1 is 1.31 bits per heavy atom. The molecule has 0 aliphatic carbocycles. The number of nitrogens with one attached hydrogen (secondary N) is 1. The molecule has 0 unspecified atom stereocenters. The van der Waals surface area contributed by atoms with Gasteiger partial charge in [-0.25, -0.2) is 0 Å². The second kappa shape index (κ2) is 3.79. The number of para-hydroxylation sites is 1. The van der Waals surface area contributed by atoms with Crippen molar-refractivity contribution in [1.29, 1.82) is 0 Å². The quantitative estimate of drug-likeness (QED) is 0.640. The fourth-order valence-electron chi connectivity index (χ4n) is 2.00. The van der Waals surface area contributed by atoms with E-state index in [1.807, 2.05) is 12.1 Å². The van der Waals surface area contributed by atoms with Crippen molar-refractivity contribution in [1.82, 2.24) is 5.32 Å². The van der Waals surface area contributed by atoms with E-state index in [-0.39, 0.29) is 0 Å². The van der Waals surface area contributed by atoms with Gasteiger partial charge in [0.05, 0.1) is 0 Å². The van der Waals surface area contributed by atoms with Crippen molar-refractivity contribution in [2.75, 3.05) is 18.8 Å². The lowest BCUT2D eigenvalue weighted by molar-refractivity contribution is 0.462. The molecule has 0 saturated carbocycles. The summed E-state index contributed by atoms with van der Waals surface area (Å²) in [6.45, 7) is 2.23. The lowest BCUT2D eigenvalue weighted by Crippen LogP contribution is -2.28. The van der Waals surface area contributed by atoms with Gasteiger partial charge in [-0.1, -0.05) is 18.2 Å². The summed E-state index contributed by atoms with van der Waals surface area (Å²) in [5.41, 5.74) is 8.18. The van der Waals surface area contributed by atoms with E-state index in [4.69, 9.17) is 5.73 Å². The largest absolute Gasteiger partial charge is 0.398 e. The molecule has 1 fully saturated rings. The minimum atomic E-state index is 0.620. The molecule has 0 bridgehead atoms. The maximum absolute atomic E-state index is 5.92. The Morgan fingerprint density at radius 3 is 2.85 bits per heavy atom. The summed E-state index contributed by atoms with van der Waals surface area (Å²) in [5, 5.41) is 3.40. The zero-order chi connectivity index (χ0) is 9.10. The lowest BCUT2D eigenvalue weighted by atomic mass is 9.91. The molecule has 2 rings (SSSR count). The minimum absolute atomic E-state index is 0.620. The van der Waals surface area contributed by atoms with E-state index in [0.29, 0.717) is 5.92 Å². The van der Waals surface area contributed by atoms with Crippen LogP contribution in [-0.2, 0) is 0 Å². The van der Waals surface area contributed by atoms with Crippen molar-refractivity contribution >= 4 is 5.69 Å². The SMILES string of the molecule is Nc1ccccc1[C@H]1CCCNC1. The first-order valence-corrected chi connectivity index (χ1v) is 4.93. The summed E-state index contributed by atoms with van der Waals surface area (Å²) in [7, 11) is 0. The van der Waals surface area contributed by atoms with Crippen LogP contribution in [0.1, 0.15) is 24.3 Å². The molecule has 1 heterocycles. The molecule has 1 aromatic carbocycles. The molecule has 1 aliphatic heterocycles. The summed E-state index contributed by atoms with van der Waals surface area (Å²) in [4.78, 5) is 0. The smallest absolute Gasteiger partial charge is 0.0349 e. The third-order valence-electron chi connectivity index (χ3n) is 2.73. The van der Waals surface area contributed by atoms with Crippen LogP contribution in [0, 0.1) is 0 Å². The van der Waals surface area contributed by atoms with Gasteiger partial charge in [-0.15, -0.1) is 0 Å². The number of nitrogen functional groups attached to an aromatic ring is 1. The van der Waals surface area contributed by atoms with Gasteiger partial charge in [0.25, 0.3) is 0 Å². The van der Waals surface area contributed by atoms with Crippen molar-refractivity contribution in [2.45, 2.75) is 18.8 Å². The average Bonchev–Trinajstić information content (AvgIpc) is 2.20. The van der Waals surface area contributed by atoms with Gasteiger partial charge in [0.2, 0.25) is 0 Å². The van der Waals surface area contributed by atoms with Crippen LogP contribution in [0.4, 0.5) is 5.69 Å². The first-order chi connectivity index (χ1) is 6.38. The van der Waals surface area contributed by atoms with Crippen LogP contribution >= 0.6 is 0 Å². The maximum atomic E-state index is 5.92. The van der Waals surface area contributed by atoms with Crippen molar-refractivity contribution in [3.05, 3.63) is 29.8 Å². The highest BCUT2D eigenvalue weighted by Crippen LogP contribution is 2.27. The number of nitrogens with two attached hydrogens (primary N) is 1. The van der Waals surface area contributed by atoms with Gasteiger partial charge in [0.15, 0.2) is 0 Å². The van der Waals surface area contributed by atoms with Crippen molar-refractivity contribution < 1.29 is 0 Å². The van der Waals surface area contributed by atoms with E-state index >= 15 is 0 Å². The van der Waals surface area contributed by atoms with Gasteiger partial charge >= 0.3 is 0 Å². The number of piperidine rings is 1. The van der Waals surface area contributed by atoms with E-state index in [0.717, 1.165) is 18.8 Å².